The minimum absolute atomic E-state index is 0.0186. The van der Waals surface area contributed by atoms with Crippen molar-refractivity contribution in [3.05, 3.63) is 29.3 Å². The van der Waals surface area contributed by atoms with Gasteiger partial charge in [-0.25, -0.2) is 0 Å². The van der Waals surface area contributed by atoms with Crippen LogP contribution in [0.25, 0.3) is 0 Å². The number of piperidine rings is 1. The lowest BCUT2D eigenvalue weighted by molar-refractivity contribution is -0.138. The van der Waals surface area contributed by atoms with Crippen molar-refractivity contribution >= 4 is 5.69 Å². The third kappa shape index (κ3) is 3.03. The zero-order chi connectivity index (χ0) is 14.0. The predicted molar refractivity (Wildman–Crippen MR) is 68.3 cm³/mol. The molecule has 1 saturated heterocycles. The Morgan fingerprint density at radius 3 is 2.68 bits per heavy atom. The maximum absolute atomic E-state index is 12.9. The van der Waals surface area contributed by atoms with Crippen molar-refractivity contribution in [3.63, 3.8) is 0 Å². The van der Waals surface area contributed by atoms with E-state index in [0.717, 1.165) is 19.3 Å². The van der Waals surface area contributed by atoms with Crippen LogP contribution in [-0.4, -0.2) is 24.3 Å². The van der Waals surface area contributed by atoms with Gasteiger partial charge in [0.2, 0.25) is 0 Å². The highest BCUT2D eigenvalue weighted by Crippen LogP contribution is 2.35. The van der Waals surface area contributed by atoms with E-state index in [9.17, 15) is 18.3 Å². The normalized spacial score (nSPS) is 20.7. The number of aliphatic hydroxyl groups is 1. The van der Waals surface area contributed by atoms with Crippen LogP contribution in [0.5, 0.6) is 0 Å². The number of halogens is 3. The molecule has 0 radical (unpaired) electrons. The zero-order valence-corrected chi connectivity index (χ0v) is 10.9. The molecule has 0 aliphatic carbocycles. The first kappa shape index (κ1) is 14.2. The van der Waals surface area contributed by atoms with E-state index >= 15 is 0 Å². The second kappa shape index (κ2) is 5.41. The Morgan fingerprint density at radius 2 is 2.05 bits per heavy atom. The van der Waals surface area contributed by atoms with E-state index in [4.69, 9.17) is 0 Å². The van der Waals surface area contributed by atoms with Crippen LogP contribution in [0.2, 0.25) is 0 Å². The van der Waals surface area contributed by atoms with Crippen molar-refractivity contribution in [2.45, 2.75) is 38.4 Å². The molecular formula is C14H18F3NO. The molecule has 1 atom stereocenters. The van der Waals surface area contributed by atoms with Gasteiger partial charge in [-0.3, -0.25) is 0 Å². The van der Waals surface area contributed by atoms with Gasteiger partial charge in [-0.15, -0.1) is 0 Å². The van der Waals surface area contributed by atoms with Gasteiger partial charge < -0.3 is 10.0 Å². The predicted octanol–water partition coefficient (Wildman–Crippen LogP) is 3.37. The minimum atomic E-state index is -4.33. The van der Waals surface area contributed by atoms with Gasteiger partial charge in [0.05, 0.1) is 18.2 Å². The first-order valence-electron chi connectivity index (χ1n) is 6.49. The molecular weight excluding hydrogens is 255 g/mol. The molecule has 1 aromatic rings. The Hall–Kier alpha value is -1.23. The van der Waals surface area contributed by atoms with E-state index in [2.05, 4.69) is 0 Å². The summed E-state index contributed by atoms with van der Waals surface area (Å²) in [4.78, 5) is 1.89. The van der Waals surface area contributed by atoms with Gasteiger partial charge in [-0.2, -0.15) is 13.2 Å². The summed E-state index contributed by atoms with van der Waals surface area (Å²) in [6.45, 7) is 2.15. The summed E-state index contributed by atoms with van der Waals surface area (Å²) in [6, 6.07) is 4.33. The molecule has 106 valence electrons. The van der Waals surface area contributed by atoms with Crippen molar-refractivity contribution in [1.82, 2.24) is 0 Å². The summed E-state index contributed by atoms with van der Waals surface area (Å²) in [5.74, 6) is 0. The zero-order valence-electron chi connectivity index (χ0n) is 10.9. The molecule has 0 aromatic heterocycles. The number of nitrogens with zero attached hydrogens (tertiary/aromatic N) is 1. The van der Waals surface area contributed by atoms with E-state index < -0.39 is 11.7 Å². The Bertz CT molecular complexity index is 445. The number of hydrogen-bond donors (Lipinski definition) is 1. The summed E-state index contributed by atoms with van der Waals surface area (Å²) in [6.07, 6.45) is -1.54. The third-order valence-electron chi connectivity index (χ3n) is 3.70. The van der Waals surface area contributed by atoms with Crippen molar-refractivity contribution in [1.29, 1.82) is 0 Å². The summed E-state index contributed by atoms with van der Waals surface area (Å²) in [7, 11) is 0. The largest absolute Gasteiger partial charge is 0.416 e. The van der Waals surface area contributed by atoms with Gasteiger partial charge in [0, 0.05) is 12.2 Å². The number of rotatable bonds is 2. The van der Waals surface area contributed by atoms with Gasteiger partial charge in [0.25, 0.3) is 0 Å². The molecule has 19 heavy (non-hydrogen) atoms. The molecule has 1 fully saturated rings. The van der Waals surface area contributed by atoms with Gasteiger partial charge >= 0.3 is 6.18 Å². The van der Waals surface area contributed by atoms with Crippen LogP contribution in [0.1, 0.15) is 30.4 Å². The molecule has 1 unspecified atom stereocenters. The lowest BCUT2D eigenvalue weighted by atomic mass is 10.00. The molecule has 1 aliphatic heterocycles. The van der Waals surface area contributed by atoms with Crippen LogP contribution in [-0.2, 0) is 6.18 Å². The Kier molecular flexibility index (Phi) is 4.04. The number of alkyl halides is 3. The van der Waals surface area contributed by atoms with Crippen molar-refractivity contribution in [2.24, 2.45) is 0 Å². The monoisotopic (exact) mass is 273 g/mol. The number of benzene rings is 1. The first-order valence-corrected chi connectivity index (χ1v) is 6.49. The quantitative estimate of drug-likeness (QED) is 0.893. The minimum Gasteiger partial charge on any atom is -0.394 e. The van der Waals surface area contributed by atoms with E-state index in [-0.39, 0.29) is 18.2 Å². The summed E-state index contributed by atoms with van der Waals surface area (Å²) in [5.41, 5.74) is 0.192. The van der Waals surface area contributed by atoms with E-state index in [1.165, 1.54) is 19.1 Å². The molecule has 5 heteroatoms. The van der Waals surface area contributed by atoms with Crippen LogP contribution >= 0.6 is 0 Å². The van der Waals surface area contributed by atoms with Crippen LogP contribution < -0.4 is 4.90 Å². The van der Waals surface area contributed by atoms with Crippen molar-refractivity contribution < 1.29 is 18.3 Å². The molecule has 0 saturated carbocycles. The molecule has 0 spiro atoms. The van der Waals surface area contributed by atoms with Crippen molar-refractivity contribution in [2.75, 3.05) is 18.1 Å². The summed E-state index contributed by atoms with van der Waals surface area (Å²) < 4.78 is 38.7. The van der Waals surface area contributed by atoms with Crippen LogP contribution in [0.3, 0.4) is 0 Å². The van der Waals surface area contributed by atoms with Gasteiger partial charge in [-0.1, -0.05) is 6.07 Å². The first-order chi connectivity index (χ1) is 8.93. The second-order valence-electron chi connectivity index (χ2n) is 5.02. The lowest BCUT2D eigenvalue weighted by Crippen LogP contribution is -2.42. The van der Waals surface area contributed by atoms with Crippen LogP contribution in [0.15, 0.2) is 18.2 Å². The van der Waals surface area contributed by atoms with E-state index in [1.807, 2.05) is 4.90 Å². The fourth-order valence-corrected chi connectivity index (χ4v) is 2.62. The second-order valence-corrected chi connectivity index (χ2v) is 5.02. The fraction of sp³-hybridized carbons (Fsp3) is 0.571. The SMILES string of the molecule is Cc1ccc(N2CCCCC2CO)cc1C(F)(F)F. The average Bonchev–Trinajstić information content (AvgIpc) is 2.38. The number of anilines is 1. The highest BCUT2D eigenvalue weighted by molar-refractivity contribution is 5.52. The average molecular weight is 273 g/mol. The van der Waals surface area contributed by atoms with Crippen LogP contribution in [0, 0.1) is 6.92 Å². The third-order valence-corrected chi connectivity index (χ3v) is 3.70. The summed E-state index contributed by atoms with van der Waals surface area (Å²) in [5, 5.41) is 9.34. The molecule has 1 aliphatic rings. The van der Waals surface area contributed by atoms with Crippen LogP contribution in [0.4, 0.5) is 18.9 Å². The Balaban J connectivity index is 2.34. The maximum Gasteiger partial charge on any atom is 0.416 e. The molecule has 1 N–H and O–H groups in total. The highest BCUT2D eigenvalue weighted by atomic mass is 19.4. The Morgan fingerprint density at radius 1 is 1.32 bits per heavy atom. The topological polar surface area (TPSA) is 23.5 Å². The van der Waals surface area contributed by atoms with E-state index in [0.29, 0.717) is 12.2 Å². The maximum atomic E-state index is 12.9. The van der Waals surface area contributed by atoms with Gasteiger partial charge in [0.15, 0.2) is 0 Å². The molecule has 1 aromatic carbocycles. The number of hydrogen-bond acceptors (Lipinski definition) is 2. The smallest absolute Gasteiger partial charge is 0.394 e. The fourth-order valence-electron chi connectivity index (χ4n) is 2.62. The highest BCUT2D eigenvalue weighted by Gasteiger charge is 2.33. The summed E-state index contributed by atoms with van der Waals surface area (Å²) >= 11 is 0. The standard InChI is InChI=1S/C14H18F3NO/c1-10-5-6-11(8-13(10)14(15,16)17)18-7-3-2-4-12(18)9-19/h5-6,8,12,19H,2-4,7,9H2,1H3. The molecule has 2 rings (SSSR count). The molecule has 0 bridgehead atoms. The van der Waals surface area contributed by atoms with Gasteiger partial charge in [0.1, 0.15) is 0 Å². The molecule has 2 nitrogen and oxygen atoms in total. The lowest BCUT2D eigenvalue weighted by Gasteiger charge is -2.37. The molecule has 0 amide bonds. The number of aliphatic hydroxyl groups excluding tert-OH is 1. The number of aryl methyl sites for hydroxylation is 1. The van der Waals surface area contributed by atoms with E-state index in [1.54, 1.807) is 6.07 Å². The molecule has 1 heterocycles. The van der Waals surface area contributed by atoms with Crippen molar-refractivity contribution in [3.8, 4) is 0 Å². The Labute approximate surface area is 110 Å². The van der Waals surface area contributed by atoms with Gasteiger partial charge in [-0.05, 0) is 43.9 Å².